The number of hydrazine groups is 1. The lowest BCUT2D eigenvalue weighted by Crippen LogP contribution is -2.45. The molecule has 2 aromatic rings. The molecule has 1 saturated heterocycles. The van der Waals surface area contributed by atoms with E-state index in [1.807, 2.05) is 0 Å². The first-order valence-electron chi connectivity index (χ1n) is 8.32. The quantitative estimate of drug-likeness (QED) is 0.498. The van der Waals surface area contributed by atoms with Gasteiger partial charge in [0.25, 0.3) is 5.92 Å². The molecule has 0 aliphatic carbocycles. The molecule has 1 amide bonds. The Morgan fingerprint density at radius 2 is 2.15 bits per heavy atom. The van der Waals surface area contributed by atoms with E-state index in [1.54, 1.807) is 39.1 Å². The highest BCUT2D eigenvalue weighted by molar-refractivity contribution is 5.90. The van der Waals surface area contributed by atoms with Crippen molar-refractivity contribution in [2.24, 2.45) is 5.84 Å². The predicted octanol–water partition coefficient (Wildman–Crippen LogP) is 2.58. The van der Waals surface area contributed by atoms with Crippen molar-refractivity contribution < 1.29 is 18.3 Å². The van der Waals surface area contributed by atoms with E-state index in [0.29, 0.717) is 18.5 Å². The molecule has 0 bridgehead atoms. The molecule has 0 aromatic carbocycles. The first-order valence-corrected chi connectivity index (χ1v) is 8.32. The molecule has 2 N–H and O–H groups in total. The molecule has 3 rings (SSSR count). The fraction of sp³-hybridized carbons (Fsp3) is 0.562. The molecule has 1 aliphatic heterocycles. The summed E-state index contributed by atoms with van der Waals surface area (Å²) in [5.74, 6) is 3.28. The molecule has 10 heteroatoms. The second-order valence-electron chi connectivity index (χ2n) is 7.30. The normalized spacial score (nSPS) is 17.4. The van der Waals surface area contributed by atoms with Crippen molar-refractivity contribution in [3.8, 4) is 0 Å². The van der Waals surface area contributed by atoms with Gasteiger partial charge in [-0.15, -0.1) is 5.10 Å². The highest BCUT2D eigenvalue weighted by Crippen LogP contribution is 2.30. The summed E-state index contributed by atoms with van der Waals surface area (Å²) >= 11 is 0. The molecule has 3 heterocycles. The van der Waals surface area contributed by atoms with Gasteiger partial charge in [-0.05, 0) is 39.3 Å². The van der Waals surface area contributed by atoms with Gasteiger partial charge in [-0.1, -0.05) is 0 Å². The maximum Gasteiger partial charge on any atom is 0.430 e. The smallest absolute Gasteiger partial charge is 0.430 e. The van der Waals surface area contributed by atoms with Gasteiger partial charge in [0, 0.05) is 19.2 Å². The van der Waals surface area contributed by atoms with Crippen LogP contribution in [0, 0.1) is 0 Å². The van der Waals surface area contributed by atoms with E-state index < -0.39 is 24.2 Å². The van der Waals surface area contributed by atoms with Crippen LogP contribution in [0.25, 0.3) is 5.52 Å². The number of anilines is 2. The second kappa shape index (κ2) is 6.35. The van der Waals surface area contributed by atoms with Crippen LogP contribution in [0.3, 0.4) is 0 Å². The molecular weight excluding hydrogens is 346 g/mol. The Balaban J connectivity index is 1.97. The van der Waals surface area contributed by atoms with Crippen molar-refractivity contribution in [3.05, 3.63) is 18.3 Å². The van der Waals surface area contributed by atoms with E-state index in [2.05, 4.69) is 10.1 Å². The Bertz CT molecular complexity index is 817. The third kappa shape index (κ3) is 3.85. The molecule has 142 valence electrons. The van der Waals surface area contributed by atoms with Crippen molar-refractivity contribution in [2.75, 3.05) is 23.0 Å². The maximum absolute atomic E-state index is 13.8. The Kier molecular flexibility index (Phi) is 4.47. The second-order valence-corrected chi connectivity index (χ2v) is 7.30. The number of alkyl halides is 2. The van der Waals surface area contributed by atoms with E-state index in [0.717, 1.165) is 5.01 Å². The van der Waals surface area contributed by atoms with Crippen LogP contribution in [-0.4, -0.2) is 45.3 Å². The van der Waals surface area contributed by atoms with Crippen molar-refractivity contribution in [3.63, 3.8) is 0 Å². The average molecular weight is 368 g/mol. The summed E-state index contributed by atoms with van der Waals surface area (Å²) < 4.78 is 34.2. The van der Waals surface area contributed by atoms with E-state index >= 15 is 0 Å². The molecule has 1 aliphatic rings. The summed E-state index contributed by atoms with van der Waals surface area (Å²) in [7, 11) is 0. The zero-order valence-corrected chi connectivity index (χ0v) is 14.9. The minimum Gasteiger partial charge on any atom is -0.442 e. The van der Waals surface area contributed by atoms with Crippen LogP contribution in [-0.2, 0) is 4.74 Å². The van der Waals surface area contributed by atoms with Crippen LogP contribution in [0.4, 0.5) is 25.3 Å². The first-order chi connectivity index (χ1) is 12.1. The fourth-order valence-corrected chi connectivity index (χ4v) is 2.75. The summed E-state index contributed by atoms with van der Waals surface area (Å²) in [4.78, 5) is 18.0. The highest BCUT2D eigenvalue weighted by atomic mass is 19.3. The van der Waals surface area contributed by atoms with Crippen LogP contribution >= 0.6 is 0 Å². The third-order valence-electron chi connectivity index (χ3n) is 3.85. The monoisotopic (exact) mass is 368 g/mol. The third-order valence-corrected chi connectivity index (χ3v) is 3.85. The number of rotatable bonds is 2. The van der Waals surface area contributed by atoms with Gasteiger partial charge in [0.2, 0.25) is 5.95 Å². The number of nitrogens with two attached hydrogens (primary N) is 1. The highest BCUT2D eigenvalue weighted by Gasteiger charge is 2.37. The van der Waals surface area contributed by atoms with Gasteiger partial charge in [0.15, 0.2) is 5.82 Å². The summed E-state index contributed by atoms with van der Waals surface area (Å²) in [6, 6.07) is 3.37. The van der Waals surface area contributed by atoms with Crippen molar-refractivity contribution in [1.82, 2.24) is 14.6 Å². The molecule has 0 atom stereocenters. The van der Waals surface area contributed by atoms with Gasteiger partial charge in [-0.2, -0.15) is 9.99 Å². The van der Waals surface area contributed by atoms with Gasteiger partial charge in [0.05, 0.1) is 6.54 Å². The van der Waals surface area contributed by atoms with Crippen molar-refractivity contribution in [2.45, 2.75) is 45.1 Å². The van der Waals surface area contributed by atoms with Gasteiger partial charge in [-0.3, -0.25) is 0 Å². The molecule has 26 heavy (non-hydrogen) atoms. The number of fused-ring (bicyclic) bond motifs is 1. The van der Waals surface area contributed by atoms with Gasteiger partial charge in [-0.25, -0.2) is 23.9 Å². The minimum absolute atomic E-state index is 0.0853. The van der Waals surface area contributed by atoms with Crippen molar-refractivity contribution >= 4 is 23.4 Å². The molecule has 8 nitrogen and oxygen atoms in total. The predicted molar refractivity (Wildman–Crippen MR) is 92.3 cm³/mol. The molecule has 0 unspecified atom stereocenters. The molecule has 0 spiro atoms. The molecule has 1 fully saturated rings. The SMILES string of the molecule is CC(C)(C)OC(=O)N(N)c1nc(N2CCCC(F)(F)C2)nn2cccc12. The number of ether oxygens (including phenoxy) is 1. The Morgan fingerprint density at radius 1 is 1.42 bits per heavy atom. The Labute approximate surface area is 149 Å². The van der Waals surface area contributed by atoms with Gasteiger partial charge >= 0.3 is 6.09 Å². The number of halogens is 2. The Morgan fingerprint density at radius 3 is 2.81 bits per heavy atom. The van der Waals surface area contributed by atoms with Crippen LogP contribution in [0.2, 0.25) is 0 Å². The fourth-order valence-electron chi connectivity index (χ4n) is 2.75. The lowest BCUT2D eigenvalue weighted by Gasteiger charge is -2.32. The maximum atomic E-state index is 13.8. The largest absolute Gasteiger partial charge is 0.442 e. The number of amides is 1. The van der Waals surface area contributed by atoms with E-state index in [1.165, 1.54) is 9.42 Å². The van der Waals surface area contributed by atoms with E-state index in [-0.39, 0.29) is 18.2 Å². The lowest BCUT2D eigenvalue weighted by molar-refractivity contribution is -0.0121. The van der Waals surface area contributed by atoms with Crippen LogP contribution < -0.4 is 15.8 Å². The zero-order chi connectivity index (χ0) is 19.1. The number of hydrogen-bond donors (Lipinski definition) is 1. The summed E-state index contributed by atoms with van der Waals surface area (Å²) in [5.41, 5.74) is -0.275. The van der Waals surface area contributed by atoms with Crippen molar-refractivity contribution in [1.29, 1.82) is 0 Å². The first kappa shape index (κ1) is 18.3. The Hall–Kier alpha value is -2.49. The van der Waals surface area contributed by atoms with Crippen LogP contribution in [0.5, 0.6) is 0 Å². The van der Waals surface area contributed by atoms with Gasteiger partial charge in [0.1, 0.15) is 11.1 Å². The molecule has 2 aromatic heterocycles. The molecule has 0 radical (unpaired) electrons. The number of carbonyl (C=O) groups excluding carboxylic acids is 1. The number of nitrogens with zero attached hydrogens (tertiary/aromatic N) is 5. The van der Waals surface area contributed by atoms with Gasteiger partial charge < -0.3 is 9.64 Å². The van der Waals surface area contributed by atoms with Crippen LogP contribution in [0.15, 0.2) is 18.3 Å². The average Bonchev–Trinajstić information content (AvgIpc) is 2.99. The molecular formula is C16H22F2N6O2. The van der Waals surface area contributed by atoms with E-state index in [9.17, 15) is 13.6 Å². The summed E-state index contributed by atoms with van der Waals surface area (Å²) in [6.45, 7) is 5.07. The number of hydrogen-bond acceptors (Lipinski definition) is 6. The summed E-state index contributed by atoms with van der Waals surface area (Å²) in [5, 5.41) is 5.04. The lowest BCUT2D eigenvalue weighted by atomic mass is 10.1. The number of carbonyl (C=O) groups is 1. The van der Waals surface area contributed by atoms with E-state index in [4.69, 9.17) is 10.6 Å². The molecule has 0 saturated carbocycles. The summed E-state index contributed by atoms with van der Waals surface area (Å²) in [6.07, 6.45) is 1.00. The zero-order valence-electron chi connectivity index (χ0n) is 14.9. The standard InChI is InChI=1S/C16H22F2N6O2/c1-15(2,3)26-14(25)24(19)12-11-6-4-9-23(11)21-13(20-12)22-8-5-7-16(17,18)10-22/h4,6,9H,5,7-8,10,19H2,1-3H3. The number of piperidine rings is 1. The van der Waals surface area contributed by atoms with Crippen LogP contribution in [0.1, 0.15) is 33.6 Å². The minimum atomic E-state index is -2.80. The number of aromatic nitrogens is 3. The topological polar surface area (TPSA) is 89.0 Å².